The summed E-state index contributed by atoms with van der Waals surface area (Å²) >= 11 is 0.983. The van der Waals surface area contributed by atoms with E-state index in [0.29, 0.717) is 24.9 Å². The number of hydrogen-bond donors (Lipinski definition) is 0. The van der Waals surface area contributed by atoms with Crippen molar-refractivity contribution < 1.29 is 9.47 Å². The molecular formula is C42H54GeO2S2Si. The first kappa shape index (κ1) is 36.9. The van der Waals surface area contributed by atoms with Gasteiger partial charge in [0.1, 0.15) is 0 Å². The number of hydrogen-bond acceptors (Lipinski definition) is 4. The van der Waals surface area contributed by atoms with E-state index in [9.17, 15) is 0 Å². The van der Waals surface area contributed by atoms with Crippen molar-refractivity contribution in [3.8, 4) is 15.5 Å². The summed E-state index contributed by atoms with van der Waals surface area (Å²) in [5.74, 6) is 0.908. The zero-order valence-electron chi connectivity index (χ0n) is 30.8. The average molecular weight is 756 g/mol. The summed E-state index contributed by atoms with van der Waals surface area (Å²) in [4.78, 5) is 2.91. The normalized spacial score (nSPS) is 12.5. The zero-order chi connectivity index (χ0) is 34.7. The predicted octanol–water partition coefficient (Wildman–Crippen LogP) is 9.55. The van der Waals surface area contributed by atoms with Crippen LogP contribution in [-0.4, -0.2) is 41.2 Å². The van der Waals surface area contributed by atoms with Crippen LogP contribution < -0.4 is 21.7 Å². The first-order valence-corrected chi connectivity index (χ1v) is 26.7. The van der Waals surface area contributed by atoms with Crippen molar-refractivity contribution in [1.29, 1.82) is 0 Å². The van der Waals surface area contributed by atoms with Crippen LogP contribution in [0, 0.1) is 27.7 Å². The van der Waals surface area contributed by atoms with Crippen LogP contribution in [0.1, 0.15) is 55.5 Å². The number of ether oxygens (including phenoxy) is 2. The van der Waals surface area contributed by atoms with Gasteiger partial charge >= 0.3 is 304 Å². The molecule has 3 aromatic carbocycles. The Hall–Kier alpha value is -2.42. The van der Waals surface area contributed by atoms with Crippen molar-refractivity contribution in [3.05, 3.63) is 113 Å². The van der Waals surface area contributed by atoms with Crippen LogP contribution in [0.15, 0.2) is 84.9 Å². The molecule has 0 amide bonds. The van der Waals surface area contributed by atoms with Crippen LogP contribution in [-0.2, 0) is 11.2 Å². The van der Waals surface area contributed by atoms with Gasteiger partial charge in [0.2, 0.25) is 0 Å². The van der Waals surface area contributed by atoms with E-state index in [0.717, 1.165) is 17.4 Å². The Balaban J connectivity index is 1.60. The average Bonchev–Trinajstić information content (AvgIpc) is 3.63. The molecule has 0 unspecified atom stereocenters. The van der Waals surface area contributed by atoms with Crippen molar-refractivity contribution in [3.63, 3.8) is 0 Å². The topological polar surface area (TPSA) is 18.5 Å². The van der Waals surface area contributed by atoms with Crippen LogP contribution in [0.5, 0.6) is 5.75 Å². The van der Waals surface area contributed by atoms with Crippen molar-refractivity contribution in [2.75, 3.05) is 19.8 Å². The molecule has 5 rings (SSSR count). The predicted molar refractivity (Wildman–Crippen MR) is 218 cm³/mol. The van der Waals surface area contributed by atoms with Gasteiger partial charge in [0.25, 0.3) is 0 Å². The monoisotopic (exact) mass is 756 g/mol. The van der Waals surface area contributed by atoms with E-state index >= 15 is 0 Å². The Morgan fingerprint density at radius 3 is 1.83 bits per heavy atom. The minimum absolute atomic E-state index is 0.310. The van der Waals surface area contributed by atoms with E-state index in [1.165, 1.54) is 46.4 Å². The number of thiophene rings is 2. The molecule has 0 N–H and O–H groups in total. The van der Waals surface area contributed by atoms with Gasteiger partial charge in [-0.1, -0.05) is 0 Å². The van der Waals surface area contributed by atoms with Gasteiger partial charge in [0.15, 0.2) is 0 Å². The molecule has 0 saturated carbocycles. The van der Waals surface area contributed by atoms with Gasteiger partial charge in [-0.15, -0.1) is 0 Å². The quantitative estimate of drug-likeness (QED) is 0.0881. The molecule has 0 bridgehead atoms. The van der Waals surface area contributed by atoms with Gasteiger partial charge in [0, 0.05) is 0 Å². The number of aryl methyl sites for hydroxylation is 5. The molecule has 5 aromatic rings. The van der Waals surface area contributed by atoms with Gasteiger partial charge < -0.3 is 0 Å². The number of rotatable bonds is 13. The van der Waals surface area contributed by atoms with Gasteiger partial charge in [0.05, 0.1) is 0 Å². The fourth-order valence-corrected chi connectivity index (χ4v) is 25.2. The molecule has 48 heavy (non-hydrogen) atoms. The second-order valence-electron chi connectivity index (χ2n) is 14.9. The van der Waals surface area contributed by atoms with Crippen molar-refractivity contribution in [2.45, 2.75) is 85.2 Å². The summed E-state index contributed by atoms with van der Waals surface area (Å²) in [6.45, 7) is 25.4. The Kier molecular flexibility index (Phi) is 11.7. The van der Waals surface area contributed by atoms with Crippen molar-refractivity contribution >= 4 is 61.0 Å². The van der Waals surface area contributed by atoms with E-state index in [2.05, 4.69) is 169 Å². The molecule has 0 aliphatic carbocycles. The molecule has 254 valence electrons. The Bertz CT molecular complexity index is 1750. The summed E-state index contributed by atoms with van der Waals surface area (Å²) in [7, 11) is -1.65. The van der Waals surface area contributed by atoms with E-state index < -0.39 is 21.3 Å². The number of benzene rings is 3. The second-order valence-corrected chi connectivity index (χ2v) is 31.8. The molecule has 2 nitrogen and oxygen atoms in total. The first-order chi connectivity index (χ1) is 22.8. The molecule has 0 radical (unpaired) electrons. The molecule has 0 atom stereocenters. The third-order valence-corrected chi connectivity index (χ3v) is 32.0. The third-order valence-electron chi connectivity index (χ3n) is 10.4. The van der Waals surface area contributed by atoms with Gasteiger partial charge in [-0.2, -0.15) is 0 Å². The summed E-state index contributed by atoms with van der Waals surface area (Å²) in [6, 6.07) is 32.9. The fraction of sp³-hybridized carbons (Fsp3) is 0.381. The molecule has 0 spiro atoms. The van der Waals surface area contributed by atoms with Crippen LogP contribution in [0.4, 0.5) is 0 Å². The third kappa shape index (κ3) is 7.81. The molecule has 6 heteroatoms. The Morgan fingerprint density at radius 1 is 0.708 bits per heavy atom. The van der Waals surface area contributed by atoms with Crippen LogP contribution in [0.3, 0.4) is 0 Å². The van der Waals surface area contributed by atoms with Crippen LogP contribution in [0.25, 0.3) is 9.75 Å². The van der Waals surface area contributed by atoms with Gasteiger partial charge in [-0.25, -0.2) is 0 Å². The maximum atomic E-state index is 5.94. The van der Waals surface area contributed by atoms with Gasteiger partial charge in [-0.3, -0.25) is 0 Å². The molecule has 2 heterocycles. The van der Waals surface area contributed by atoms with Crippen LogP contribution >= 0.6 is 22.7 Å². The van der Waals surface area contributed by atoms with E-state index in [-0.39, 0.29) is 0 Å². The summed E-state index contributed by atoms with van der Waals surface area (Å²) in [5.41, 5.74) is 6.89. The molecule has 0 aliphatic rings. The van der Waals surface area contributed by atoms with E-state index in [1.54, 1.807) is 8.21 Å². The van der Waals surface area contributed by atoms with E-state index in [4.69, 9.17) is 9.47 Å². The molecule has 0 saturated heterocycles. The molecule has 2 aromatic heterocycles. The second kappa shape index (κ2) is 15.2. The first-order valence-electron chi connectivity index (χ1n) is 17.4. The van der Waals surface area contributed by atoms with Gasteiger partial charge in [-0.05, 0) is 0 Å². The van der Waals surface area contributed by atoms with Crippen molar-refractivity contribution in [1.82, 2.24) is 0 Å². The molecule has 0 aliphatic heterocycles. The maximum absolute atomic E-state index is 5.94. The Morgan fingerprint density at radius 2 is 1.29 bits per heavy atom. The molecular weight excluding hydrogens is 701 g/mol. The zero-order valence-corrected chi connectivity index (χ0v) is 35.5. The van der Waals surface area contributed by atoms with Crippen LogP contribution in [0.2, 0.25) is 23.4 Å². The SMILES string of the molecule is CCOCCOc1ccc(C[CH2][Ge]([c]2ccc(C)cc2)([c]2ccc(C)cc2)[c]2cc(C)c(-c3cc(C)c([Si](C)(C)C(C)(C)C)s3)s2)cc1. The summed E-state index contributed by atoms with van der Waals surface area (Å²) < 4.78 is 17.7. The minimum atomic E-state index is -3.18. The summed E-state index contributed by atoms with van der Waals surface area (Å²) in [5, 5.41) is 1.46. The Labute approximate surface area is 301 Å². The van der Waals surface area contributed by atoms with Crippen molar-refractivity contribution in [2.24, 2.45) is 0 Å². The molecule has 0 fully saturated rings. The van der Waals surface area contributed by atoms with E-state index in [1.807, 2.05) is 6.92 Å². The fourth-order valence-electron chi connectivity index (χ4n) is 6.48. The standard InChI is InChI=1S/C42H54GeO2S2Si/c1-11-44-26-27-45-37-22-16-34(17-23-37)24-25-43(35-18-12-30(2)13-19-35,36-20-14-31(3)15-21-36)39-29-32(4)40(47-39)38-28-33(5)41(46-38)48(9,10)42(6,7)8/h12-23,28-29H,11,24-27H2,1-10H3. The summed E-state index contributed by atoms with van der Waals surface area (Å²) in [6.07, 6.45) is 1.03.